The number of aryl methyl sites for hydroxylation is 1. The predicted octanol–water partition coefficient (Wildman–Crippen LogP) is 2.79. The Bertz CT molecular complexity index is 1040. The largest absolute Gasteiger partial charge is 0.497 e. The molecule has 0 saturated carbocycles. The number of nitrogens with one attached hydrogen (secondary N) is 3. The van der Waals surface area contributed by atoms with Crippen LogP contribution in [0.15, 0.2) is 24.3 Å². The van der Waals surface area contributed by atoms with Crippen molar-refractivity contribution in [2.75, 3.05) is 14.2 Å². The highest BCUT2D eigenvalue weighted by molar-refractivity contribution is 6.00. The first-order chi connectivity index (χ1) is 14.5. The Morgan fingerprint density at radius 3 is 2.53 bits per heavy atom. The fraction of sp³-hybridized carbons (Fsp3) is 0.333. The lowest BCUT2D eigenvalue weighted by Gasteiger charge is -2.06. The van der Waals surface area contributed by atoms with Crippen LogP contribution in [0.1, 0.15) is 51.3 Å². The number of H-pyrrole nitrogens is 2. The van der Waals surface area contributed by atoms with E-state index >= 15 is 0 Å². The molecule has 30 heavy (non-hydrogen) atoms. The van der Waals surface area contributed by atoms with E-state index in [-0.39, 0.29) is 12.5 Å². The number of rotatable bonds is 8. The van der Waals surface area contributed by atoms with Crippen molar-refractivity contribution < 1.29 is 19.1 Å². The lowest BCUT2D eigenvalue weighted by molar-refractivity contribution is 0.0599. The molecule has 3 rings (SSSR count). The van der Waals surface area contributed by atoms with E-state index < -0.39 is 5.97 Å². The summed E-state index contributed by atoms with van der Waals surface area (Å²) in [6.07, 6.45) is 1.37. The Morgan fingerprint density at radius 1 is 1.17 bits per heavy atom. The van der Waals surface area contributed by atoms with Gasteiger partial charge in [0.25, 0.3) is 5.91 Å². The summed E-state index contributed by atoms with van der Waals surface area (Å²) < 4.78 is 10.0. The van der Waals surface area contributed by atoms with E-state index in [1.807, 2.05) is 31.2 Å². The van der Waals surface area contributed by atoms with E-state index in [2.05, 4.69) is 25.5 Å². The summed E-state index contributed by atoms with van der Waals surface area (Å²) in [5.74, 6) is 1.02. The fourth-order valence-electron chi connectivity index (χ4n) is 3.24. The molecule has 2 heterocycles. The van der Waals surface area contributed by atoms with Gasteiger partial charge in [-0.3, -0.25) is 9.89 Å². The number of aromatic nitrogens is 4. The fourth-order valence-corrected chi connectivity index (χ4v) is 3.24. The van der Waals surface area contributed by atoms with Crippen molar-refractivity contribution in [3.8, 4) is 17.1 Å². The lowest BCUT2D eigenvalue weighted by atomic mass is 10.0. The molecule has 0 aliphatic heterocycles. The van der Waals surface area contributed by atoms with Crippen LogP contribution >= 0.6 is 0 Å². The van der Waals surface area contributed by atoms with Crippen molar-refractivity contribution in [3.05, 3.63) is 52.6 Å². The van der Waals surface area contributed by atoms with Gasteiger partial charge in [0, 0.05) is 11.3 Å². The number of hydrogen-bond acceptors (Lipinski definition) is 6. The second-order valence-electron chi connectivity index (χ2n) is 6.74. The number of benzene rings is 1. The first kappa shape index (κ1) is 21.1. The molecule has 2 aromatic heterocycles. The van der Waals surface area contributed by atoms with Crippen LogP contribution in [-0.2, 0) is 17.7 Å². The Labute approximate surface area is 174 Å². The van der Waals surface area contributed by atoms with Crippen molar-refractivity contribution in [1.29, 1.82) is 0 Å². The summed E-state index contributed by atoms with van der Waals surface area (Å²) >= 11 is 0. The Morgan fingerprint density at radius 2 is 1.90 bits per heavy atom. The molecule has 0 bridgehead atoms. The minimum absolute atomic E-state index is 0.166. The minimum atomic E-state index is -0.453. The first-order valence-electron chi connectivity index (χ1n) is 9.62. The first-order valence-corrected chi connectivity index (χ1v) is 9.62. The molecule has 0 aliphatic carbocycles. The van der Waals surface area contributed by atoms with Crippen LogP contribution < -0.4 is 10.1 Å². The minimum Gasteiger partial charge on any atom is -0.497 e. The average Bonchev–Trinajstić information content (AvgIpc) is 3.36. The van der Waals surface area contributed by atoms with Gasteiger partial charge < -0.3 is 19.8 Å². The van der Waals surface area contributed by atoms with E-state index in [0.717, 1.165) is 17.7 Å². The Kier molecular flexibility index (Phi) is 6.51. The average molecular weight is 411 g/mol. The van der Waals surface area contributed by atoms with Crippen LogP contribution in [-0.4, -0.2) is 46.3 Å². The van der Waals surface area contributed by atoms with Crippen LogP contribution in [0.2, 0.25) is 0 Å². The van der Waals surface area contributed by atoms with Gasteiger partial charge in [-0.1, -0.05) is 13.3 Å². The zero-order chi connectivity index (χ0) is 21.7. The summed E-state index contributed by atoms with van der Waals surface area (Å²) in [6.45, 7) is 3.90. The van der Waals surface area contributed by atoms with Crippen LogP contribution in [0.3, 0.4) is 0 Å². The quantitative estimate of drug-likeness (QED) is 0.490. The third-order valence-electron chi connectivity index (χ3n) is 4.70. The normalized spacial score (nSPS) is 10.7. The maximum atomic E-state index is 12.8. The number of aromatic amines is 2. The smallest absolute Gasteiger partial charge is 0.339 e. The SMILES string of the molecule is CCCc1c(C(=O)NCc2nc(-c3ccc(OC)cc3)n[nH]2)[nH]c(C)c1C(=O)OC. The van der Waals surface area contributed by atoms with Crippen molar-refractivity contribution in [2.45, 2.75) is 33.2 Å². The predicted molar refractivity (Wildman–Crippen MR) is 110 cm³/mol. The topological polar surface area (TPSA) is 122 Å². The van der Waals surface area contributed by atoms with E-state index in [9.17, 15) is 9.59 Å². The van der Waals surface area contributed by atoms with Crippen molar-refractivity contribution in [3.63, 3.8) is 0 Å². The molecule has 1 aromatic carbocycles. The van der Waals surface area contributed by atoms with Gasteiger partial charge in [-0.2, -0.15) is 5.10 Å². The molecule has 1 amide bonds. The number of amides is 1. The second kappa shape index (κ2) is 9.25. The molecule has 3 aromatic rings. The van der Waals surface area contributed by atoms with Gasteiger partial charge in [0.15, 0.2) is 5.82 Å². The van der Waals surface area contributed by atoms with Gasteiger partial charge in [0.1, 0.15) is 17.3 Å². The van der Waals surface area contributed by atoms with Gasteiger partial charge in [-0.25, -0.2) is 9.78 Å². The van der Waals surface area contributed by atoms with Crippen molar-refractivity contribution in [2.24, 2.45) is 0 Å². The van der Waals surface area contributed by atoms with Crippen molar-refractivity contribution in [1.82, 2.24) is 25.5 Å². The second-order valence-corrected chi connectivity index (χ2v) is 6.74. The molecule has 0 saturated heterocycles. The van der Waals surface area contributed by atoms with Gasteiger partial charge in [-0.15, -0.1) is 0 Å². The van der Waals surface area contributed by atoms with Gasteiger partial charge in [0.05, 0.1) is 26.3 Å². The van der Waals surface area contributed by atoms with Crippen LogP contribution in [0.5, 0.6) is 5.75 Å². The molecule has 0 fully saturated rings. The molecule has 158 valence electrons. The molecule has 9 nitrogen and oxygen atoms in total. The third-order valence-corrected chi connectivity index (χ3v) is 4.70. The van der Waals surface area contributed by atoms with E-state index in [1.165, 1.54) is 7.11 Å². The van der Waals surface area contributed by atoms with E-state index in [0.29, 0.717) is 40.6 Å². The zero-order valence-corrected chi connectivity index (χ0v) is 17.5. The molecule has 0 spiro atoms. The molecule has 0 unspecified atom stereocenters. The highest BCUT2D eigenvalue weighted by Crippen LogP contribution is 2.22. The number of hydrogen-bond donors (Lipinski definition) is 3. The van der Waals surface area contributed by atoms with Crippen LogP contribution in [0.25, 0.3) is 11.4 Å². The Hall–Kier alpha value is -3.62. The summed E-state index contributed by atoms with van der Waals surface area (Å²) in [4.78, 5) is 32.3. The molecule has 3 N–H and O–H groups in total. The number of esters is 1. The van der Waals surface area contributed by atoms with E-state index in [4.69, 9.17) is 9.47 Å². The standard InChI is InChI=1S/C21H25N5O4/c1-5-6-15-17(21(28)30-4)12(2)23-18(15)20(27)22-11-16-24-19(26-25-16)13-7-9-14(29-3)10-8-13/h7-10,23H,5-6,11H2,1-4H3,(H,22,27)(H,24,25,26). The van der Waals surface area contributed by atoms with Crippen molar-refractivity contribution >= 4 is 11.9 Å². The van der Waals surface area contributed by atoms with Gasteiger partial charge >= 0.3 is 5.97 Å². The molecule has 0 aliphatic rings. The zero-order valence-electron chi connectivity index (χ0n) is 17.5. The maximum absolute atomic E-state index is 12.8. The monoisotopic (exact) mass is 411 g/mol. The van der Waals surface area contributed by atoms with Crippen LogP contribution in [0, 0.1) is 6.92 Å². The number of carbonyl (C=O) groups is 2. The van der Waals surface area contributed by atoms with Gasteiger partial charge in [-0.05, 0) is 43.2 Å². The number of ether oxygens (including phenoxy) is 2. The number of carbonyl (C=O) groups excluding carboxylic acids is 2. The summed E-state index contributed by atoms with van der Waals surface area (Å²) in [7, 11) is 2.93. The van der Waals surface area contributed by atoms with Crippen LogP contribution in [0.4, 0.5) is 0 Å². The molecule has 0 atom stereocenters. The Balaban J connectivity index is 1.73. The number of methoxy groups -OCH3 is 2. The highest BCUT2D eigenvalue weighted by Gasteiger charge is 2.24. The summed E-state index contributed by atoms with van der Waals surface area (Å²) in [5, 5.41) is 9.85. The van der Waals surface area contributed by atoms with Gasteiger partial charge in [0.2, 0.25) is 0 Å². The molecule has 9 heteroatoms. The molecular weight excluding hydrogens is 386 g/mol. The third kappa shape index (κ3) is 4.35. The molecule has 0 radical (unpaired) electrons. The molecular formula is C21H25N5O4. The lowest BCUT2D eigenvalue weighted by Crippen LogP contribution is -2.25. The maximum Gasteiger partial charge on any atom is 0.339 e. The van der Waals surface area contributed by atoms with E-state index in [1.54, 1.807) is 14.0 Å². The highest BCUT2D eigenvalue weighted by atomic mass is 16.5. The summed E-state index contributed by atoms with van der Waals surface area (Å²) in [5.41, 5.74) is 2.89. The summed E-state index contributed by atoms with van der Waals surface area (Å²) in [6, 6.07) is 7.37. The number of nitrogens with zero attached hydrogens (tertiary/aromatic N) is 2.